The third-order valence-electron chi connectivity index (χ3n) is 4.66. The van der Waals surface area contributed by atoms with Crippen LogP contribution < -0.4 is 10.1 Å². The summed E-state index contributed by atoms with van der Waals surface area (Å²) in [6.45, 7) is 3.95. The molecule has 11 heteroatoms. The highest BCUT2D eigenvalue weighted by Gasteiger charge is 2.33. The van der Waals surface area contributed by atoms with Crippen LogP contribution in [0.25, 0.3) is 16.9 Å². The monoisotopic (exact) mass is 488 g/mol. The zero-order valence-electron chi connectivity index (χ0n) is 18.2. The van der Waals surface area contributed by atoms with Crippen LogP contribution >= 0.6 is 11.6 Å². The highest BCUT2D eigenvalue weighted by Crippen LogP contribution is 2.32. The van der Waals surface area contributed by atoms with Gasteiger partial charge in [0.15, 0.2) is 0 Å². The number of pyridine rings is 1. The van der Waals surface area contributed by atoms with Crippen LogP contribution in [0, 0.1) is 0 Å². The minimum absolute atomic E-state index is 0.00195. The third-order valence-corrected chi connectivity index (χ3v) is 4.95. The van der Waals surface area contributed by atoms with Crippen LogP contribution in [0.15, 0.2) is 61.4 Å². The Morgan fingerprint density at radius 3 is 2.47 bits per heavy atom. The van der Waals surface area contributed by atoms with E-state index >= 15 is 0 Å². The summed E-state index contributed by atoms with van der Waals surface area (Å²) < 4.78 is 47.0. The normalized spacial score (nSPS) is 11.6. The fourth-order valence-corrected chi connectivity index (χ4v) is 3.32. The Balaban J connectivity index is 1.49. The molecule has 0 fully saturated rings. The molecule has 4 rings (SSSR count). The Labute approximate surface area is 198 Å². The molecule has 0 aliphatic rings. The summed E-state index contributed by atoms with van der Waals surface area (Å²) >= 11 is 6.30. The Bertz CT molecular complexity index is 1260. The van der Waals surface area contributed by atoms with Crippen molar-refractivity contribution in [3.05, 3.63) is 78.0 Å². The molecule has 34 heavy (non-hydrogen) atoms. The van der Waals surface area contributed by atoms with Crippen LogP contribution in [0.2, 0.25) is 5.02 Å². The number of hydrogen-bond acceptors (Lipinski definition) is 6. The van der Waals surface area contributed by atoms with Crippen LogP contribution in [0.5, 0.6) is 5.75 Å². The van der Waals surface area contributed by atoms with Gasteiger partial charge in [0.1, 0.15) is 29.4 Å². The fourth-order valence-electron chi connectivity index (χ4n) is 3.10. The van der Waals surface area contributed by atoms with Gasteiger partial charge in [-0.2, -0.15) is 13.2 Å². The van der Waals surface area contributed by atoms with Gasteiger partial charge >= 0.3 is 6.18 Å². The molecule has 1 aromatic carbocycles. The minimum Gasteiger partial charge on any atom is -0.489 e. The first-order chi connectivity index (χ1) is 16.2. The lowest BCUT2D eigenvalue weighted by Gasteiger charge is -2.13. The van der Waals surface area contributed by atoms with Crippen LogP contribution in [0.3, 0.4) is 0 Å². The molecule has 0 atom stereocenters. The summed E-state index contributed by atoms with van der Waals surface area (Å²) in [7, 11) is 0. The lowest BCUT2D eigenvalue weighted by Crippen LogP contribution is -2.12. The van der Waals surface area contributed by atoms with Crippen molar-refractivity contribution >= 4 is 17.3 Å². The second-order valence-corrected chi connectivity index (χ2v) is 8.03. The molecule has 0 saturated carbocycles. The van der Waals surface area contributed by atoms with Gasteiger partial charge < -0.3 is 10.1 Å². The molecule has 0 spiro atoms. The van der Waals surface area contributed by atoms with Crippen molar-refractivity contribution in [3.8, 4) is 22.7 Å². The minimum atomic E-state index is -4.60. The average molecular weight is 489 g/mol. The highest BCUT2D eigenvalue weighted by atomic mass is 35.5. The van der Waals surface area contributed by atoms with Crippen LogP contribution in [0.4, 0.5) is 18.9 Å². The van der Waals surface area contributed by atoms with E-state index in [9.17, 15) is 13.2 Å². The van der Waals surface area contributed by atoms with E-state index in [2.05, 4.69) is 25.3 Å². The Morgan fingerprint density at radius 2 is 1.85 bits per heavy atom. The van der Waals surface area contributed by atoms with Gasteiger partial charge in [-0.05, 0) is 37.6 Å². The van der Waals surface area contributed by atoms with E-state index in [1.165, 1.54) is 29.4 Å². The molecule has 3 aromatic heterocycles. The molecule has 0 unspecified atom stereocenters. The summed E-state index contributed by atoms with van der Waals surface area (Å²) in [4.78, 5) is 16.2. The number of nitrogens with one attached hydrogen (secondary N) is 1. The summed E-state index contributed by atoms with van der Waals surface area (Å²) in [5, 5.41) is 3.41. The third kappa shape index (κ3) is 5.63. The molecule has 0 radical (unpaired) electrons. The number of imidazole rings is 1. The first kappa shape index (κ1) is 23.5. The van der Waals surface area contributed by atoms with Gasteiger partial charge in [-0.25, -0.2) is 19.9 Å². The first-order valence-corrected chi connectivity index (χ1v) is 10.7. The van der Waals surface area contributed by atoms with E-state index in [0.717, 1.165) is 17.2 Å². The van der Waals surface area contributed by atoms with E-state index in [1.54, 1.807) is 24.5 Å². The zero-order valence-corrected chi connectivity index (χ0v) is 19.0. The molecule has 0 amide bonds. The van der Waals surface area contributed by atoms with Crippen LogP contribution in [-0.2, 0) is 12.7 Å². The van der Waals surface area contributed by atoms with Gasteiger partial charge in [0, 0.05) is 42.1 Å². The maximum absolute atomic E-state index is 13.3. The van der Waals surface area contributed by atoms with Crippen LogP contribution in [-0.4, -0.2) is 30.6 Å². The molecule has 3 heterocycles. The van der Waals surface area contributed by atoms with Crippen molar-refractivity contribution in [1.82, 2.24) is 24.5 Å². The SMILES string of the molecule is CC(C)Oc1ccc(-c2cnc(CNc3cc(-n4ccnc4)nc(C(F)(F)F)c3)nc2)cc1Cl. The predicted octanol–water partition coefficient (Wildman–Crippen LogP) is 5.80. The van der Waals surface area contributed by atoms with Gasteiger partial charge in [-0.3, -0.25) is 4.57 Å². The molecule has 0 aliphatic heterocycles. The lowest BCUT2D eigenvalue weighted by atomic mass is 10.1. The van der Waals surface area contributed by atoms with Crippen molar-refractivity contribution in [2.45, 2.75) is 32.7 Å². The van der Waals surface area contributed by atoms with Gasteiger partial charge in [0.2, 0.25) is 0 Å². The largest absolute Gasteiger partial charge is 0.489 e. The van der Waals surface area contributed by atoms with E-state index < -0.39 is 11.9 Å². The lowest BCUT2D eigenvalue weighted by molar-refractivity contribution is -0.141. The number of rotatable bonds is 7. The number of alkyl halides is 3. The number of benzene rings is 1. The molecular weight excluding hydrogens is 469 g/mol. The number of anilines is 1. The molecule has 7 nitrogen and oxygen atoms in total. The number of nitrogens with zero attached hydrogens (tertiary/aromatic N) is 5. The summed E-state index contributed by atoms with van der Waals surface area (Å²) in [6.07, 6.45) is 3.02. The van der Waals surface area contributed by atoms with Gasteiger partial charge in [0.25, 0.3) is 0 Å². The van der Waals surface area contributed by atoms with Gasteiger partial charge in [0.05, 0.1) is 17.7 Å². The second kappa shape index (κ2) is 9.68. The number of ether oxygens (including phenoxy) is 1. The molecule has 176 valence electrons. The number of aromatic nitrogens is 5. The molecule has 0 bridgehead atoms. The Hall–Kier alpha value is -3.66. The highest BCUT2D eigenvalue weighted by molar-refractivity contribution is 6.32. The van der Waals surface area contributed by atoms with Crippen molar-refractivity contribution in [1.29, 1.82) is 0 Å². The van der Waals surface area contributed by atoms with Gasteiger partial charge in [-0.15, -0.1) is 0 Å². The van der Waals surface area contributed by atoms with Crippen molar-refractivity contribution in [3.63, 3.8) is 0 Å². The Kier molecular flexibility index (Phi) is 6.69. The smallest absolute Gasteiger partial charge is 0.433 e. The average Bonchev–Trinajstić information content (AvgIpc) is 3.33. The van der Waals surface area contributed by atoms with Crippen molar-refractivity contribution in [2.24, 2.45) is 0 Å². The van der Waals surface area contributed by atoms with Gasteiger partial charge in [-0.1, -0.05) is 17.7 Å². The Morgan fingerprint density at radius 1 is 1.09 bits per heavy atom. The second-order valence-electron chi connectivity index (χ2n) is 7.62. The summed E-state index contributed by atoms with van der Waals surface area (Å²) in [5.41, 5.74) is 0.771. The molecular formula is C23H20ClF3N6O. The van der Waals surface area contributed by atoms with E-state index in [1.807, 2.05) is 19.9 Å². The maximum Gasteiger partial charge on any atom is 0.433 e. The first-order valence-electron chi connectivity index (χ1n) is 10.3. The van der Waals surface area contributed by atoms with Crippen molar-refractivity contribution in [2.75, 3.05) is 5.32 Å². The zero-order chi connectivity index (χ0) is 24.3. The summed E-state index contributed by atoms with van der Waals surface area (Å²) in [5.74, 6) is 1.09. The molecule has 4 aromatic rings. The molecule has 1 N–H and O–H groups in total. The van der Waals surface area contributed by atoms with E-state index in [0.29, 0.717) is 16.6 Å². The maximum atomic E-state index is 13.3. The molecule has 0 aliphatic carbocycles. The quantitative estimate of drug-likeness (QED) is 0.354. The van der Waals surface area contributed by atoms with E-state index in [4.69, 9.17) is 16.3 Å². The fraction of sp³-hybridized carbons (Fsp3) is 0.217. The molecule has 0 saturated heterocycles. The standard InChI is InChI=1S/C23H20ClF3N6O/c1-14(2)34-19-4-3-15(7-18(19)24)16-10-30-21(31-11-16)12-29-17-8-20(23(25,26)27)32-22(9-17)33-6-5-28-13-33/h3-11,13-14H,12H2,1-2H3,(H,29,32). The topological polar surface area (TPSA) is 77.8 Å². The summed E-state index contributed by atoms with van der Waals surface area (Å²) in [6, 6.07) is 7.84. The van der Waals surface area contributed by atoms with Crippen LogP contribution in [0.1, 0.15) is 25.4 Å². The predicted molar refractivity (Wildman–Crippen MR) is 122 cm³/mol. The van der Waals surface area contributed by atoms with E-state index in [-0.39, 0.29) is 24.2 Å². The number of halogens is 4. The van der Waals surface area contributed by atoms with Crippen molar-refractivity contribution < 1.29 is 17.9 Å². The number of hydrogen-bond donors (Lipinski definition) is 1.